The van der Waals surface area contributed by atoms with Gasteiger partial charge < -0.3 is 14.8 Å². The molecule has 3 nitrogen and oxygen atoms in total. The molecule has 0 aliphatic carbocycles. The molecule has 6 heteroatoms. The number of hydrogen-bond donors (Lipinski definition) is 1. The van der Waals surface area contributed by atoms with E-state index in [9.17, 15) is 4.39 Å². The molecule has 0 heterocycles. The van der Waals surface area contributed by atoms with Crippen molar-refractivity contribution in [3.8, 4) is 11.5 Å². The van der Waals surface area contributed by atoms with Crippen LogP contribution in [-0.2, 0) is 13.2 Å². The van der Waals surface area contributed by atoms with Crippen molar-refractivity contribution in [1.29, 1.82) is 0 Å². The van der Waals surface area contributed by atoms with E-state index in [2.05, 4.69) is 5.32 Å². The van der Waals surface area contributed by atoms with Crippen molar-refractivity contribution in [3.63, 3.8) is 0 Å². The summed E-state index contributed by atoms with van der Waals surface area (Å²) in [5, 5.41) is 3.93. The molecule has 0 spiro atoms. The predicted molar refractivity (Wildman–Crippen MR) is 108 cm³/mol. The Morgan fingerprint density at radius 1 is 0.926 bits per heavy atom. The third kappa shape index (κ3) is 4.85. The molecule has 140 valence electrons. The van der Waals surface area contributed by atoms with Crippen molar-refractivity contribution in [3.05, 3.63) is 87.7 Å². The van der Waals surface area contributed by atoms with Gasteiger partial charge in [0.2, 0.25) is 0 Å². The maximum atomic E-state index is 13.3. The van der Waals surface area contributed by atoms with E-state index in [1.165, 1.54) is 6.07 Å². The summed E-state index contributed by atoms with van der Waals surface area (Å²) in [6.07, 6.45) is 0. The topological polar surface area (TPSA) is 30.5 Å². The Bertz CT molecular complexity index is 934. The summed E-state index contributed by atoms with van der Waals surface area (Å²) in [5.74, 6) is 0.798. The highest BCUT2D eigenvalue weighted by atomic mass is 35.5. The van der Waals surface area contributed by atoms with Crippen LogP contribution >= 0.6 is 23.2 Å². The van der Waals surface area contributed by atoms with Gasteiger partial charge in [0, 0.05) is 28.4 Å². The van der Waals surface area contributed by atoms with Crippen LogP contribution in [0.3, 0.4) is 0 Å². The van der Waals surface area contributed by atoms with Crippen molar-refractivity contribution in [2.24, 2.45) is 0 Å². The lowest BCUT2D eigenvalue weighted by Crippen LogP contribution is -2.05. The van der Waals surface area contributed by atoms with Crippen LogP contribution in [0.15, 0.2) is 60.7 Å². The minimum absolute atomic E-state index is 0.0702. The summed E-state index contributed by atoms with van der Waals surface area (Å²) < 4.78 is 24.8. The van der Waals surface area contributed by atoms with Crippen LogP contribution in [0.1, 0.15) is 11.1 Å². The fourth-order valence-electron chi connectivity index (χ4n) is 2.59. The molecule has 1 N–H and O–H groups in total. The van der Waals surface area contributed by atoms with Crippen LogP contribution in [0, 0.1) is 5.82 Å². The molecule has 0 fully saturated rings. The molecule has 3 aromatic rings. The second-order valence-corrected chi connectivity index (χ2v) is 6.63. The number of hydrogen-bond acceptors (Lipinski definition) is 3. The van der Waals surface area contributed by atoms with Gasteiger partial charge in [-0.25, -0.2) is 4.39 Å². The van der Waals surface area contributed by atoms with E-state index in [-0.39, 0.29) is 5.02 Å². The molecular formula is C21H18Cl2FNO2. The number of methoxy groups -OCH3 is 1. The number of para-hydroxylation sites is 1. The molecule has 0 saturated heterocycles. The van der Waals surface area contributed by atoms with Crippen LogP contribution in [0.2, 0.25) is 10.0 Å². The summed E-state index contributed by atoms with van der Waals surface area (Å²) >= 11 is 12.0. The lowest BCUT2D eigenvalue weighted by Gasteiger charge is -2.16. The largest absolute Gasteiger partial charge is 0.493 e. The molecule has 0 aromatic heterocycles. The number of anilines is 1. The maximum Gasteiger partial charge on any atom is 0.166 e. The van der Waals surface area contributed by atoms with Crippen molar-refractivity contribution in [2.45, 2.75) is 13.2 Å². The van der Waals surface area contributed by atoms with Crippen molar-refractivity contribution in [2.75, 3.05) is 12.4 Å². The smallest absolute Gasteiger partial charge is 0.166 e. The van der Waals surface area contributed by atoms with Crippen LogP contribution in [0.4, 0.5) is 10.1 Å². The molecule has 3 aromatic carbocycles. The summed E-state index contributed by atoms with van der Waals surface area (Å²) in [4.78, 5) is 0. The number of benzene rings is 3. The zero-order valence-electron chi connectivity index (χ0n) is 14.6. The van der Waals surface area contributed by atoms with E-state index >= 15 is 0 Å². The first kappa shape index (κ1) is 19.3. The highest BCUT2D eigenvalue weighted by molar-refractivity contribution is 6.31. The lowest BCUT2D eigenvalue weighted by atomic mass is 10.1. The van der Waals surface area contributed by atoms with Gasteiger partial charge in [-0.05, 0) is 30.3 Å². The van der Waals surface area contributed by atoms with Gasteiger partial charge >= 0.3 is 0 Å². The van der Waals surface area contributed by atoms with Gasteiger partial charge in [0.15, 0.2) is 11.5 Å². The standard InChI is InChI=1S/C21H18Cl2FNO2/c1-26-20-8-4-6-14(12-25-16-9-10-19(24)18(23)11-16)21(20)27-13-15-5-2-3-7-17(15)22/h2-11,25H,12-13H2,1H3. The second kappa shape index (κ2) is 8.98. The van der Waals surface area contributed by atoms with Crippen molar-refractivity contribution < 1.29 is 13.9 Å². The van der Waals surface area contributed by atoms with E-state index in [0.29, 0.717) is 35.4 Å². The number of ether oxygens (including phenoxy) is 2. The Labute approximate surface area is 167 Å². The van der Waals surface area contributed by atoms with E-state index in [1.54, 1.807) is 19.2 Å². The molecule has 0 aliphatic heterocycles. The first-order valence-electron chi connectivity index (χ1n) is 8.29. The molecule has 0 bridgehead atoms. The monoisotopic (exact) mass is 405 g/mol. The van der Waals surface area contributed by atoms with Gasteiger partial charge in [-0.15, -0.1) is 0 Å². The number of nitrogens with one attached hydrogen (secondary N) is 1. The summed E-state index contributed by atoms with van der Waals surface area (Å²) in [5.41, 5.74) is 2.48. The SMILES string of the molecule is COc1cccc(CNc2ccc(F)c(Cl)c2)c1OCc1ccccc1Cl. The Hall–Kier alpha value is -2.43. The molecule has 0 aliphatic rings. The molecular weight excluding hydrogens is 388 g/mol. The molecule has 0 atom stereocenters. The maximum absolute atomic E-state index is 13.3. The Morgan fingerprint density at radius 3 is 2.44 bits per heavy atom. The normalized spacial score (nSPS) is 10.5. The van der Waals surface area contributed by atoms with Gasteiger partial charge in [0.1, 0.15) is 12.4 Å². The van der Waals surface area contributed by atoms with Gasteiger partial charge in [-0.2, -0.15) is 0 Å². The van der Waals surface area contributed by atoms with Gasteiger partial charge in [-0.1, -0.05) is 53.5 Å². The summed E-state index contributed by atoms with van der Waals surface area (Å²) in [6.45, 7) is 0.770. The fraction of sp³-hybridized carbons (Fsp3) is 0.143. The highest BCUT2D eigenvalue weighted by Gasteiger charge is 2.12. The van der Waals surface area contributed by atoms with Crippen LogP contribution < -0.4 is 14.8 Å². The number of halogens is 3. The quantitative estimate of drug-likeness (QED) is 0.497. The molecule has 0 amide bonds. The first-order chi connectivity index (χ1) is 13.1. The van der Waals surface area contributed by atoms with E-state index < -0.39 is 5.82 Å². The van der Waals surface area contributed by atoms with Gasteiger partial charge in [0.05, 0.1) is 12.1 Å². The average molecular weight is 406 g/mol. The molecule has 0 saturated carbocycles. The third-order valence-electron chi connectivity index (χ3n) is 4.01. The second-order valence-electron chi connectivity index (χ2n) is 5.81. The lowest BCUT2D eigenvalue weighted by molar-refractivity contribution is 0.282. The average Bonchev–Trinajstić information content (AvgIpc) is 2.68. The highest BCUT2D eigenvalue weighted by Crippen LogP contribution is 2.33. The zero-order valence-corrected chi connectivity index (χ0v) is 16.1. The number of rotatable bonds is 7. The Balaban J connectivity index is 1.78. The molecule has 27 heavy (non-hydrogen) atoms. The Morgan fingerprint density at radius 2 is 1.70 bits per heavy atom. The first-order valence-corrected chi connectivity index (χ1v) is 9.05. The summed E-state index contributed by atoms with van der Waals surface area (Å²) in [7, 11) is 1.59. The fourth-order valence-corrected chi connectivity index (χ4v) is 2.96. The Kier molecular flexibility index (Phi) is 6.43. The van der Waals surface area contributed by atoms with Gasteiger partial charge in [0.25, 0.3) is 0 Å². The van der Waals surface area contributed by atoms with E-state index in [1.807, 2.05) is 42.5 Å². The summed E-state index contributed by atoms with van der Waals surface area (Å²) in [6, 6.07) is 17.7. The minimum Gasteiger partial charge on any atom is -0.493 e. The third-order valence-corrected chi connectivity index (χ3v) is 4.67. The minimum atomic E-state index is -0.452. The van der Waals surface area contributed by atoms with Crippen LogP contribution in [0.25, 0.3) is 0 Å². The van der Waals surface area contributed by atoms with Crippen molar-refractivity contribution >= 4 is 28.9 Å². The van der Waals surface area contributed by atoms with E-state index in [0.717, 1.165) is 11.1 Å². The van der Waals surface area contributed by atoms with E-state index in [4.69, 9.17) is 32.7 Å². The van der Waals surface area contributed by atoms with Crippen LogP contribution in [0.5, 0.6) is 11.5 Å². The predicted octanol–water partition coefficient (Wildman–Crippen LogP) is 6.33. The van der Waals surface area contributed by atoms with Crippen LogP contribution in [-0.4, -0.2) is 7.11 Å². The van der Waals surface area contributed by atoms with Crippen molar-refractivity contribution in [1.82, 2.24) is 0 Å². The molecule has 0 radical (unpaired) electrons. The molecule has 3 rings (SSSR count). The van der Waals surface area contributed by atoms with Gasteiger partial charge in [-0.3, -0.25) is 0 Å². The molecule has 0 unspecified atom stereocenters. The zero-order chi connectivity index (χ0) is 19.2.